The molecule has 1 aliphatic rings. The zero-order chi connectivity index (χ0) is 10.8. The summed E-state index contributed by atoms with van der Waals surface area (Å²) in [6.45, 7) is 1.05. The lowest BCUT2D eigenvalue weighted by Crippen LogP contribution is -2.19. The number of aromatic nitrogens is 2. The topological polar surface area (TPSA) is 37.8 Å². The molecule has 0 bridgehead atoms. The maximum atomic E-state index is 4.62. The van der Waals surface area contributed by atoms with Crippen molar-refractivity contribution in [3.63, 3.8) is 0 Å². The Labute approximate surface area is 103 Å². The van der Waals surface area contributed by atoms with Crippen LogP contribution in [0.2, 0.25) is 0 Å². The van der Waals surface area contributed by atoms with E-state index in [-0.39, 0.29) is 0 Å². The molecule has 0 aliphatic heterocycles. The SMILES string of the molecule is c1ncc(-c2nc(CCNC3CC3)cs2)s1. The van der Waals surface area contributed by atoms with Crippen molar-refractivity contribution in [2.24, 2.45) is 0 Å². The maximum Gasteiger partial charge on any atom is 0.135 e. The molecule has 3 rings (SSSR count). The molecule has 0 amide bonds. The fraction of sp³-hybridized carbons (Fsp3) is 0.455. The van der Waals surface area contributed by atoms with Gasteiger partial charge in [-0.1, -0.05) is 0 Å². The van der Waals surface area contributed by atoms with Gasteiger partial charge in [0.25, 0.3) is 0 Å². The molecule has 3 nitrogen and oxygen atoms in total. The average molecular weight is 251 g/mol. The Kier molecular flexibility index (Phi) is 2.99. The molecule has 1 aliphatic carbocycles. The van der Waals surface area contributed by atoms with Crippen LogP contribution in [0.5, 0.6) is 0 Å². The minimum atomic E-state index is 0.791. The van der Waals surface area contributed by atoms with Gasteiger partial charge in [-0.15, -0.1) is 22.7 Å². The van der Waals surface area contributed by atoms with E-state index in [1.54, 1.807) is 22.7 Å². The van der Waals surface area contributed by atoms with Crippen molar-refractivity contribution in [2.75, 3.05) is 6.54 Å². The first kappa shape index (κ1) is 10.4. The Balaban J connectivity index is 1.59. The van der Waals surface area contributed by atoms with Gasteiger partial charge < -0.3 is 5.32 Å². The van der Waals surface area contributed by atoms with Crippen LogP contribution in [-0.2, 0) is 6.42 Å². The zero-order valence-electron chi connectivity index (χ0n) is 8.85. The first-order chi connectivity index (χ1) is 7.92. The van der Waals surface area contributed by atoms with E-state index in [0.717, 1.165) is 24.0 Å². The zero-order valence-corrected chi connectivity index (χ0v) is 10.5. The standard InChI is InChI=1S/C11H13N3S2/c1-2-8(1)13-4-3-9-6-15-11(14-9)10-5-12-7-16-10/h5-8,13H,1-4H2. The summed E-state index contributed by atoms with van der Waals surface area (Å²) in [5.74, 6) is 0. The van der Waals surface area contributed by atoms with Crippen LogP contribution in [0.4, 0.5) is 0 Å². The molecule has 0 atom stereocenters. The normalized spacial score (nSPS) is 15.5. The van der Waals surface area contributed by atoms with Gasteiger partial charge >= 0.3 is 0 Å². The third-order valence-electron chi connectivity index (χ3n) is 2.59. The van der Waals surface area contributed by atoms with Crippen molar-refractivity contribution in [1.29, 1.82) is 0 Å². The van der Waals surface area contributed by atoms with Crippen molar-refractivity contribution in [3.05, 3.63) is 22.8 Å². The second-order valence-electron chi connectivity index (χ2n) is 3.99. The van der Waals surface area contributed by atoms with Crippen LogP contribution in [0, 0.1) is 0 Å². The van der Waals surface area contributed by atoms with Crippen molar-refractivity contribution >= 4 is 22.7 Å². The summed E-state index contributed by atoms with van der Waals surface area (Å²) in [6, 6.07) is 0.791. The predicted molar refractivity (Wildman–Crippen MR) is 68.0 cm³/mol. The fourth-order valence-electron chi connectivity index (χ4n) is 1.55. The van der Waals surface area contributed by atoms with Gasteiger partial charge in [0.1, 0.15) is 5.01 Å². The summed E-state index contributed by atoms with van der Waals surface area (Å²) in [5, 5.41) is 6.76. The Morgan fingerprint density at radius 3 is 3.06 bits per heavy atom. The smallest absolute Gasteiger partial charge is 0.135 e. The highest BCUT2D eigenvalue weighted by Gasteiger charge is 2.19. The van der Waals surface area contributed by atoms with Gasteiger partial charge in [-0.3, -0.25) is 4.98 Å². The molecule has 2 aromatic rings. The van der Waals surface area contributed by atoms with Gasteiger partial charge in [0.2, 0.25) is 0 Å². The number of thiazole rings is 2. The van der Waals surface area contributed by atoms with Crippen LogP contribution in [-0.4, -0.2) is 22.6 Å². The Hall–Kier alpha value is -0.780. The highest BCUT2D eigenvalue weighted by molar-refractivity contribution is 7.19. The van der Waals surface area contributed by atoms with Crippen LogP contribution in [0.3, 0.4) is 0 Å². The summed E-state index contributed by atoms with van der Waals surface area (Å²) >= 11 is 3.36. The summed E-state index contributed by atoms with van der Waals surface area (Å²) in [4.78, 5) is 9.87. The largest absolute Gasteiger partial charge is 0.314 e. The van der Waals surface area contributed by atoms with Crippen LogP contribution in [0.25, 0.3) is 9.88 Å². The Morgan fingerprint density at radius 1 is 1.38 bits per heavy atom. The Morgan fingerprint density at radius 2 is 2.31 bits per heavy atom. The summed E-state index contributed by atoms with van der Waals surface area (Å²) < 4.78 is 0. The molecule has 5 heteroatoms. The van der Waals surface area contributed by atoms with Gasteiger partial charge in [-0.05, 0) is 12.8 Å². The minimum Gasteiger partial charge on any atom is -0.314 e. The summed E-state index contributed by atoms with van der Waals surface area (Å²) in [7, 11) is 0. The number of rotatable bonds is 5. The predicted octanol–water partition coefficient (Wildman–Crippen LogP) is 2.56. The molecule has 1 fully saturated rings. The van der Waals surface area contributed by atoms with E-state index >= 15 is 0 Å². The van der Waals surface area contributed by atoms with Crippen molar-refractivity contribution in [2.45, 2.75) is 25.3 Å². The summed E-state index contributed by atoms with van der Waals surface area (Å²) in [5.41, 5.74) is 3.05. The van der Waals surface area contributed by atoms with Crippen molar-refractivity contribution in [3.8, 4) is 9.88 Å². The van der Waals surface area contributed by atoms with Crippen LogP contribution >= 0.6 is 22.7 Å². The van der Waals surface area contributed by atoms with Gasteiger partial charge in [0.05, 0.1) is 16.1 Å². The molecule has 16 heavy (non-hydrogen) atoms. The molecular weight excluding hydrogens is 238 g/mol. The molecular formula is C11H13N3S2. The Bertz CT molecular complexity index is 446. The molecule has 0 unspecified atom stereocenters. The molecule has 2 heterocycles. The van der Waals surface area contributed by atoms with Gasteiger partial charge in [-0.25, -0.2) is 4.98 Å². The van der Waals surface area contributed by atoms with Gasteiger partial charge in [0, 0.05) is 30.6 Å². The molecule has 1 saturated carbocycles. The van der Waals surface area contributed by atoms with E-state index in [0.29, 0.717) is 0 Å². The molecule has 0 radical (unpaired) electrons. The fourth-order valence-corrected chi connectivity index (χ4v) is 3.10. The number of nitrogens with one attached hydrogen (secondary N) is 1. The summed E-state index contributed by atoms with van der Waals surface area (Å²) in [6.07, 6.45) is 5.62. The first-order valence-electron chi connectivity index (χ1n) is 5.48. The van der Waals surface area contributed by atoms with E-state index < -0.39 is 0 Å². The van der Waals surface area contributed by atoms with Crippen LogP contribution < -0.4 is 5.32 Å². The van der Waals surface area contributed by atoms with E-state index in [2.05, 4.69) is 20.7 Å². The van der Waals surface area contributed by atoms with E-state index in [9.17, 15) is 0 Å². The molecule has 1 N–H and O–H groups in total. The van der Waals surface area contributed by atoms with E-state index in [1.165, 1.54) is 23.4 Å². The molecule has 0 aromatic carbocycles. The lowest BCUT2D eigenvalue weighted by atomic mass is 10.3. The third kappa shape index (κ3) is 2.48. The highest BCUT2D eigenvalue weighted by Crippen LogP contribution is 2.26. The first-order valence-corrected chi connectivity index (χ1v) is 7.24. The van der Waals surface area contributed by atoms with Crippen LogP contribution in [0.1, 0.15) is 18.5 Å². The lowest BCUT2D eigenvalue weighted by Gasteiger charge is -1.98. The number of hydrogen-bond donors (Lipinski definition) is 1. The second kappa shape index (κ2) is 4.61. The van der Waals surface area contributed by atoms with E-state index in [1.807, 2.05) is 11.7 Å². The van der Waals surface area contributed by atoms with Gasteiger partial charge in [-0.2, -0.15) is 0 Å². The average Bonchev–Trinajstić information content (AvgIpc) is 2.83. The maximum absolute atomic E-state index is 4.62. The monoisotopic (exact) mass is 251 g/mol. The molecule has 2 aromatic heterocycles. The molecule has 84 valence electrons. The van der Waals surface area contributed by atoms with E-state index in [4.69, 9.17) is 0 Å². The quantitative estimate of drug-likeness (QED) is 0.887. The third-order valence-corrected chi connectivity index (χ3v) is 4.42. The number of hydrogen-bond acceptors (Lipinski definition) is 5. The van der Waals surface area contributed by atoms with Gasteiger partial charge in [0.15, 0.2) is 0 Å². The minimum absolute atomic E-state index is 0.791. The highest BCUT2D eigenvalue weighted by atomic mass is 32.1. The second-order valence-corrected chi connectivity index (χ2v) is 5.73. The number of nitrogens with zero attached hydrogens (tertiary/aromatic N) is 2. The lowest BCUT2D eigenvalue weighted by molar-refractivity contribution is 0.677. The van der Waals surface area contributed by atoms with Crippen molar-refractivity contribution in [1.82, 2.24) is 15.3 Å². The molecule has 0 saturated heterocycles. The molecule has 0 spiro atoms. The van der Waals surface area contributed by atoms with Crippen molar-refractivity contribution < 1.29 is 0 Å². The van der Waals surface area contributed by atoms with Crippen LogP contribution in [0.15, 0.2) is 17.1 Å².